The molecule has 0 heterocycles. The van der Waals surface area contributed by atoms with Crippen molar-refractivity contribution in [1.82, 2.24) is 9.80 Å². The number of carbonyl (C=O) groups is 3. The van der Waals surface area contributed by atoms with Crippen molar-refractivity contribution in [3.63, 3.8) is 0 Å². The lowest BCUT2D eigenvalue weighted by atomic mass is 10.1. The SMILES string of the molecule is CCCCCC/C=C\COC(=O)CCCCCCCN(CCCCCCCC(=O)OC/C=C\CCCCCC)C(=O)CSCN(CC)CC. The standard InChI is InChI=1S/C41H76N2O5S/c1-5-9-11-13-15-23-29-35-47-40(45)31-25-19-17-21-27-33-43(39(44)37-49-38-42(7-3)8-4)34-28-22-18-20-26-32-41(46)48-36-30-24-16-14-12-10-6-2/h23-24,29-30H,5-22,25-28,31-38H2,1-4H3/b29-23-,30-24-. The minimum Gasteiger partial charge on any atom is -0.461 e. The molecule has 0 rings (SSSR count). The van der Waals surface area contributed by atoms with Crippen LogP contribution < -0.4 is 0 Å². The summed E-state index contributed by atoms with van der Waals surface area (Å²) in [6.45, 7) is 13.1. The van der Waals surface area contributed by atoms with E-state index in [1.165, 1.54) is 51.4 Å². The van der Waals surface area contributed by atoms with Gasteiger partial charge in [0, 0.05) is 31.8 Å². The first kappa shape index (κ1) is 47.2. The fourth-order valence-corrected chi connectivity index (χ4v) is 6.57. The molecular weight excluding hydrogens is 633 g/mol. The fraction of sp³-hybridized carbons (Fsp3) is 0.829. The highest BCUT2D eigenvalue weighted by Gasteiger charge is 2.14. The van der Waals surface area contributed by atoms with Gasteiger partial charge in [-0.25, -0.2) is 0 Å². The van der Waals surface area contributed by atoms with Gasteiger partial charge in [-0.3, -0.25) is 19.3 Å². The molecule has 0 spiro atoms. The Bertz CT molecular complexity index is 779. The average Bonchev–Trinajstić information content (AvgIpc) is 3.10. The molecule has 0 unspecified atom stereocenters. The molecule has 0 aliphatic heterocycles. The third-order valence-corrected chi connectivity index (χ3v) is 9.83. The summed E-state index contributed by atoms with van der Waals surface area (Å²) in [5, 5.41) is 0. The number of hydrogen-bond acceptors (Lipinski definition) is 7. The molecule has 0 N–H and O–H groups in total. The second kappa shape index (κ2) is 37.5. The van der Waals surface area contributed by atoms with Gasteiger partial charge in [-0.2, -0.15) is 0 Å². The van der Waals surface area contributed by atoms with Gasteiger partial charge in [0.25, 0.3) is 0 Å². The van der Waals surface area contributed by atoms with E-state index >= 15 is 0 Å². The van der Waals surface area contributed by atoms with Crippen molar-refractivity contribution in [2.24, 2.45) is 0 Å². The summed E-state index contributed by atoms with van der Waals surface area (Å²) in [5.41, 5.74) is 0. The number of allylic oxidation sites excluding steroid dienone is 2. The monoisotopic (exact) mass is 709 g/mol. The first-order valence-corrected chi connectivity index (χ1v) is 21.3. The maximum Gasteiger partial charge on any atom is 0.306 e. The summed E-state index contributed by atoms with van der Waals surface area (Å²) in [6, 6.07) is 0. The number of esters is 2. The smallest absolute Gasteiger partial charge is 0.306 e. The summed E-state index contributed by atoms with van der Waals surface area (Å²) in [7, 11) is 0. The maximum absolute atomic E-state index is 13.1. The lowest BCUT2D eigenvalue weighted by Crippen LogP contribution is -2.35. The van der Waals surface area contributed by atoms with Crippen molar-refractivity contribution in [3.05, 3.63) is 24.3 Å². The first-order valence-electron chi connectivity index (χ1n) is 20.2. The average molecular weight is 709 g/mol. The molecule has 0 bridgehead atoms. The van der Waals surface area contributed by atoms with E-state index in [2.05, 4.69) is 49.6 Å². The summed E-state index contributed by atoms with van der Waals surface area (Å²) in [6.07, 6.45) is 31.3. The normalized spacial score (nSPS) is 11.6. The highest BCUT2D eigenvalue weighted by atomic mass is 32.2. The van der Waals surface area contributed by atoms with E-state index in [0.29, 0.717) is 31.8 Å². The van der Waals surface area contributed by atoms with Gasteiger partial charge in [-0.05, 0) is 64.5 Å². The van der Waals surface area contributed by atoms with E-state index in [4.69, 9.17) is 9.47 Å². The number of hydrogen-bond donors (Lipinski definition) is 0. The molecule has 0 aromatic heterocycles. The Morgan fingerprint density at radius 1 is 0.531 bits per heavy atom. The molecule has 0 radical (unpaired) electrons. The third kappa shape index (κ3) is 33.1. The number of rotatable bonds is 36. The van der Waals surface area contributed by atoms with Gasteiger partial charge >= 0.3 is 11.9 Å². The molecule has 0 aliphatic carbocycles. The molecule has 0 aromatic carbocycles. The quantitative estimate of drug-likeness (QED) is 0.0277. The van der Waals surface area contributed by atoms with Crippen LogP contribution in [-0.4, -0.2) is 78.7 Å². The number of carbonyl (C=O) groups excluding carboxylic acids is 3. The van der Waals surface area contributed by atoms with Gasteiger partial charge < -0.3 is 14.4 Å². The minimum absolute atomic E-state index is 0.106. The summed E-state index contributed by atoms with van der Waals surface area (Å²) in [5.74, 6) is 1.45. The Kier molecular flexibility index (Phi) is 36.1. The number of amides is 1. The number of ether oxygens (including phenoxy) is 2. The molecule has 7 nitrogen and oxygen atoms in total. The molecule has 1 amide bonds. The zero-order valence-electron chi connectivity index (χ0n) is 32.4. The Balaban J connectivity index is 4.21. The summed E-state index contributed by atoms with van der Waals surface area (Å²) < 4.78 is 10.7. The van der Waals surface area contributed by atoms with E-state index in [1.807, 2.05) is 12.2 Å². The van der Waals surface area contributed by atoms with Crippen molar-refractivity contribution in [3.8, 4) is 0 Å². The Hall–Kier alpha value is -1.80. The van der Waals surface area contributed by atoms with E-state index in [9.17, 15) is 14.4 Å². The van der Waals surface area contributed by atoms with Crippen LogP contribution in [0.4, 0.5) is 0 Å². The van der Waals surface area contributed by atoms with Crippen LogP contribution in [0.3, 0.4) is 0 Å². The van der Waals surface area contributed by atoms with Gasteiger partial charge in [-0.1, -0.05) is 129 Å². The van der Waals surface area contributed by atoms with Crippen LogP contribution in [0, 0.1) is 0 Å². The van der Waals surface area contributed by atoms with Crippen LogP contribution in [0.5, 0.6) is 0 Å². The topological polar surface area (TPSA) is 76.1 Å². The first-order chi connectivity index (χ1) is 24.0. The number of nitrogens with zero attached hydrogens (tertiary/aromatic N) is 2. The van der Waals surface area contributed by atoms with Crippen molar-refractivity contribution in [2.45, 2.75) is 169 Å². The van der Waals surface area contributed by atoms with Crippen LogP contribution in [0.25, 0.3) is 0 Å². The van der Waals surface area contributed by atoms with Gasteiger partial charge in [0.15, 0.2) is 0 Å². The molecule has 0 saturated carbocycles. The molecule has 0 atom stereocenters. The van der Waals surface area contributed by atoms with Gasteiger partial charge in [-0.15, -0.1) is 11.8 Å². The molecule has 0 aliphatic rings. The highest BCUT2D eigenvalue weighted by Crippen LogP contribution is 2.13. The van der Waals surface area contributed by atoms with Gasteiger partial charge in [0.05, 0.1) is 5.75 Å². The van der Waals surface area contributed by atoms with Gasteiger partial charge in [0.2, 0.25) is 5.91 Å². The minimum atomic E-state index is -0.106. The highest BCUT2D eigenvalue weighted by molar-refractivity contribution is 7.99. The maximum atomic E-state index is 13.1. The predicted octanol–water partition coefficient (Wildman–Crippen LogP) is 10.7. The van der Waals surface area contributed by atoms with Gasteiger partial charge in [0.1, 0.15) is 13.2 Å². The summed E-state index contributed by atoms with van der Waals surface area (Å²) >= 11 is 1.72. The molecule has 0 saturated heterocycles. The van der Waals surface area contributed by atoms with Crippen LogP contribution >= 0.6 is 11.8 Å². The van der Waals surface area contributed by atoms with Crippen LogP contribution in [-0.2, 0) is 23.9 Å². The number of unbranched alkanes of at least 4 members (excludes halogenated alkanes) is 16. The summed E-state index contributed by atoms with van der Waals surface area (Å²) in [4.78, 5) is 41.6. The molecule has 0 aromatic rings. The van der Waals surface area contributed by atoms with E-state index in [-0.39, 0.29) is 17.8 Å². The molecule has 8 heteroatoms. The molecule has 0 fully saturated rings. The third-order valence-electron chi connectivity index (χ3n) is 8.83. The Morgan fingerprint density at radius 3 is 1.41 bits per heavy atom. The zero-order valence-corrected chi connectivity index (χ0v) is 33.2. The second-order valence-corrected chi connectivity index (χ2v) is 14.2. The van der Waals surface area contributed by atoms with Crippen molar-refractivity contribution in [1.29, 1.82) is 0 Å². The second-order valence-electron chi connectivity index (χ2n) is 13.2. The molecular formula is C41H76N2O5S. The van der Waals surface area contributed by atoms with Crippen LogP contribution in [0.2, 0.25) is 0 Å². The Labute approximate surface area is 306 Å². The lowest BCUT2D eigenvalue weighted by Gasteiger charge is -2.24. The van der Waals surface area contributed by atoms with Crippen molar-refractivity contribution < 1.29 is 23.9 Å². The largest absolute Gasteiger partial charge is 0.461 e. The Morgan fingerprint density at radius 2 is 0.959 bits per heavy atom. The van der Waals surface area contributed by atoms with E-state index < -0.39 is 0 Å². The van der Waals surface area contributed by atoms with Crippen molar-refractivity contribution >= 4 is 29.6 Å². The van der Waals surface area contributed by atoms with E-state index in [0.717, 1.165) is 109 Å². The van der Waals surface area contributed by atoms with E-state index in [1.54, 1.807) is 11.8 Å². The van der Waals surface area contributed by atoms with Crippen molar-refractivity contribution in [2.75, 3.05) is 51.0 Å². The predicted molar refractivity (Wildman–Crippen MR) is 210 cm³/mol. The fourth-order valence-electron chi connectivity index (χ4n) is 5.50. The van der Waals surface area contributed by atoms with Crippen LogP contribution in [0.1, 0.15) is 169 Å². The number of thioether (sulfide) groups is 1. The molecule has 49 heavy (non-hydrogen) atoms. The zero-order chi connectivity index (χ0) is 36.0. The van der Waals surface area contributed by atoms with Crippen LogP contribution in [0.15, 0.2) is 24.3 Å². The lowest BCUT2D eigenvalue weighted by molar-refractivity contribution is -0.143. The molecule has 286 valence electrons.